The Morgan fingerprint density at radius 3 is 2.78 bits per heavy atom. The topological polar surface area (TPSA) is 38.5 Å². The van der Waals surface area contributed by atoms with Crippen LogP contribution in [0.15, 0.2) is 24.3 Å². The Hall–Kier alpha value is -1.06. The van der Waals surface area contributed by atoms with Crippen molar-refractivity contribution in [2.75, 3.05) is 20.7 Å². The maximum absolute atomic E-state index is 5.74. The average Bonchev–Trinajstić information content (AvgIpc) is 2.34. The molecule has 1 rings (SSSR count). The number of unbranched alkanes of at least 4 members (excludes halogenated alkanes) is 1. The van der Waals surface area contributed by atoms with Crippen molar-refractivity contribution in [1.29, 1.82) is 0 Å². The van der Waals surface area contributed by atoms with Gasteiger partial charge in [0.1, 0.15) is 5.75 Å². The molecule has 0 radical (unpaired) electrons. The predicted molar refractivity (Wildman–Crippen MR) is 76.8 cm³/mol. The summed E-state index contributed by atoms with van der Waals surface area (Å²) >= 11 is 0. The number of hydrogen-bond acceptors (Lipinski definition) is 3. The molecule has 3 heteroatoms. The van der Waals surface area contributed by atoms with E-state index in [9.17, 15) is 0 Å². The molecule has 1 unspecified atom stereocenters. The summed E-state index contributed by atoms with van der Waals surface area (Å²) < 4.78 is 5.23. The first-order chi connectivity index (χ1) is 8.61. The third kappa shape index (κ3) is 6.03. The predicted octanol–water partition coefficient (Wildman–Crippen LogP) is 2.64. The molecular formula is C15H26N2O. The second-order valence-electron chi connectivity index (χ2n) is 5.06. The molecule has 0 heterocycles. The van der Waals surface area contributed by atoms with Crippen molar-refractivity contribution in [2.24, 2.45) is 5.73 Å². The van der Waals surface area contributed by atoms with Gasteiger partial charge in [-0.15, -0.1) is 0 Å². The number of nitrogens with two attached hydrogens (primary N) is 1. The van der Waals surface area contributed by atoms with Gasteiger partial charge in [0, 0.05) is 12.6 Å². The van der Waals surface area contributed by atoms with E-state index < -0.39 is 0 Å². The standard InChI is InChI=1S/C15H26N2O/c1-13(16)7-4-5-10-17(2)12-14-8-6-9-15(11-14)18-3/h6,8-9,11,13H,4-5,7,10,12,16H2,1-3H3. The van der Waals surface area contributed by atoms with E-state index in [1.54, 1.807) is 7.11 Å². The van der Waals surface area contributed by atoms with E-state index in [4.69, 9.17) is 10.5 Å². The van der Waals surface area contributed by atoms with Crippen LogP contribution in [0.25, 0.3) is 0 Å². The monoisotopic (exact) mass is 250 g/mol. The Kier molecular flexibility index (Phi) is 6.76. The normalized spacial score (nSPS) is 12.7. The van der Waals surface area contributed by atoms with E-state index in [2.05, 4.69) is 31.0 Å². The van der Waals surface area contributed by atoms with Crippen molar-refractivity contribution >= 4 is 0 Å². The molecule has 2 N–H and O–H groups in total. The van der Waals surface area contributed by atoms with Gasteiger partial charge in [-0.3, -0.25) is 0 Å². The molecule has 0 saturated heterocycles. The molecule has 0 fully saturated rings. The summed E-state index contributed by atoms with van der Waals surface area (Å²) in [5, 5.41) is 0. The van der Waals surface area contributed by atoms with Gasteiger partial charge in [0.2, 0.25) is 0 Å². The molecule has 0 aliphatic rings. The highest BCUT2D eigenvalue weighted by atomic mass is 16.5. The molecule has 1 atom stereocenters. The minimum absolute atomic E-state index is 0.327. The lowest BCUT2D eigenvalue weighted by molar-refractivity contribution is 0.315. The van der Waals surface area contributed by atoms with Crippen molar-refractivity contribution < 1.29 is 4.74 Å². The minimum Gasteiger partial charge on any atom is -0.497 e. The summed E-state index contributed by atoms with van der Waals surface area (Å²) in [6.45, 7) is 4.15. The van der Waals surface area contributed by atoms with E-state index in [-0.39, 0.29) is 0 Å². The lowest BCUT2D eigenvalue weighted by Gasteiger charge is -2.17. The van der Waals surface area contributed by atoms with Crippen molar-refractivity contribution in [3.05, 3.63) is 29.8 Å². The second kappa shape index (κ2) is 8.11. The highest BCUT2D eigenvalue weighted by molar-refractivity contribution is 5.28. The number of methoxy groups -OCH3 is 1. The average molecular weight is 250 g/mol. The summed E-state index contributed by atoms with van der Waals surface area (Å²) in [6, 6.07) is 8.58. The summed E-state index contributed by atoms with van der Waals surface area (Å²) in [5.74, 6) is 0.929. The van der Waals surface area contributed by atoms with Crippen LogP contribution in [-0.2, 0) is 6.54 Å². The van der Waals surface area contributed by atoms with Gasteiger partial charge in [0.05, 0.1) is 7.11 Å². The fourth-order valence-electron chi connectivity index (χ4n) is 2.01. The van der Waals surface area contributed by atoms with Crippen molar-refractivity contribution in [2.45, 2.75) is 38.8 Å². The Bertz CT molecular complexity index is 339. The Labute approximate surface area is 111 Å². The highest BCUT2D eigenvalue weighted by Gasteiger charge is 2.02. The van der Waals surface area contributed by atoms with Gasteiger partial charge in [-0.05, 0) is 51.1 Å². The van der Waals surface area contributed by atoms with Crippen LogP contribution in [-0.4, -0.2) is 31.6 Å². The molecule has 3 nitrogen and oxygen atoms in total. The molecule has 0 saturated carbocycles. The van der Waals surface area contributed by atoms with E-state index in [1.807, 2.05) is 12.1 Å². The van der Waals surface area contributed by atoms with Crippen LogP contribution in [0.4, 0.5) is 0 Å². The molecule has 102 valence electrons. The lowest BCUT2D eigenvalue weighted by atomic mass is 10.1. The summed E-state index contributed by atoms with van der Waals surface area (Å²) in [6.07, 6.45) is 3.54. The maximum Gasteiger partial charge on any atom is 0.119 e. The van der Waals surface area contributed by atoms with Crippen molar-refractivity contribution in [1.82, 2.24) is 4.90 Å². The van der Waals surface area contributed by atoms with Crippen molar-refractivity contribution in [3.8, 4) is 5.75 Å². The van der Waals surface area contributed by atoms with E-state index in [0.717, 1.165) is 25.3 Å². The zero-order valence-corrected chi connectivity index (χ0v) is 11.9. The van der Waals surface area contributed by atoms with Gasteiger partial charge < -0.3 is 15.4 Å². The number of hydrogen-bond donors (Lipinski definition) is 1. The first-order valence-corrected chi connectivity index (χ1v) is 6.69. The van der Waals surface area contributed by atoms with Gasteiger partial charge in [-0.1, -0.05) is 18.6 Å². The fourth-order valence-corrected chi connectivity index (χ4v) is 2.01. The Balaban J connectivity index is 2.28. The minimum atomic E-state index is 0.327. The Morgan fingerprint density at radius 2 is 2.11 bits per heavy atom. The first-order valence-electron chi connectivity index (χ1n) is 6.69. The first kappa shape index (κ1) is 15.0. The maximum atomic E-state index is 5.74. The zero-order valence-electron chi connectivity index (χ0n) is 11.9. The summed E-state index contributed by atoms with van der Waals surface area (Å²) in [4.78, 5) is 2.34. The van der Waals surface area contributed by atoms with Crippen LogP contribution in [0.2, 0.25) is 0 Å². The molecule has 18 heavy (non-hydrogen) atoms. The zero-order chi connectivity index (χ0) is 13.4. The molecule has 0 spiro atoms. The number of rotatable bonds is 8. The van der Waals surface area contributed by atoms with Crippen LogP contribution < -0.4 is 10.5 Å². The van der Waals surface area contributed by atoms with Crippen LogP contribution in [0.1, 0.15) is 31.7 Å². The van der Waals surface area contributed by atoms with Crippen molar-refractivity contribution in [3.63, 3.8) is 0 Å². The lowest BCUT2D eigenvalue weighted by Crippen LogP contribution is -2.20. The van der Waals surface area contributed by atoms with Gasteiger partial charge >= 0.3 is 0 Å². The number of benzene rings is 1. The third-order valence-electron chi connectivity index (χ3n) is 3.04. The quantitative estimate of drug-likeness (QED) is 0.721. The molecular weight excluding hydrogens is 224 g/mol. The number of ether oxygens (including phenoxy) is 1. The number of nitrogens with zero attached hydrogens (tertiary/aromatic N) is 1. The molecule has 1 aromatic carbocycles. The summed E-state index contributed by atoms with van der Waals surface area (Å²) in [7, 11) is 3.86. The van der Waals surface area contributed by atoms with E-state index in [1.165, 1.54) is 18.4 Å². The van der Waals surface area contributed by atoms with E-state index in [0.29, 0.717) is 6.04 Å². The highest BCUT2D eigenvalue weighted by Crippen LogP contribution is 2.14. The second-order valence-corrected chi connectivity index (χ2v) is 5.06. The fraction of sp³-hybridized carbons (Fsp3) is 0.600. The van der Waals surface area contributed by atoms with Crippen LogP contribution in [0.5, 0.6) is 5.75 Å². The summed E-state index contributed by atoms with van der Waals surface area (Å²) in [5.41, 5.74) is 7.03. The Morgan fingerprint density at radius 1 is 1.33 bits per heavy atom. The SMILES string of the molecule is COc1cccc(CN(C)CCCCC(C)N)c1. The van der Waals surface area contributed by atoms with Crippen LogP contribution in [0.3, 0.4) is 0 Å². The molecule has 0 aromatic heterocycles. The smallest absolute Gasteiger partial charge is 0.119 e. The van der Waals surface area contributed by atoms with Crippen LogP contribution >= 0.6 is 0 Å². The van der Waals surface area contributed by atoms with Gasteiger partial charge in [-0.2, -0.15) is 0 Å². The van der Waals surface area contributed by atoms with E-state index >= 15 is 0 Å². The molecule has 0 aliphatic heterocycles. The largest absolute Gasteiger partial charge is 0.497 e. The molecule has 0 bridgehead atoms. The third-order valence-corrected chi connectivity index (χ3v) is 3.04. The molecule has 0 amide bonds. The van der Waals surface area contributed by atoms with Gasteiger partial charge in [0.15, 0.2) is 0 Å². The van der Waals surface area contributed by atoms with Gasteiger partial charge in [0.25, 0.3) is 0 Å². The molecule has 1 aromatic rings. The van der Waals surface area contributed by atoms with Crippen LogP contribution in [0, 0.1) is 0 Å². The van der Waals surface area contributed by atoms with Gasteiger partial charge in [-0.25, -0.2) is 0 Å². The molecule has 0 aliphatic carbocycles.